The zero-order valence-electron chi connectivity index (χ0n) is 13.2. The van der Waals surface area contributed by atoms with Crippen LogP contribution in [0.5, 0.6) is 0 Å². The van der Waals surface area contributed by atoms with Crippen molar-refractivity contribution >= 4 is 23.5 Å². The van der Waals surface area contributed by atoms with Crippen molar-refractivity contribution < 1.29 is 14.4 Å². The lowest BCUT2D eigenvalue weighted by molar-refractivity contribution is -0.142. The van der Waals surface area contributed by atoms with Crippen molar-refractivity contribution in [1.29, 1.82) is 0 Å². The first-order valence-corrected chi connectivity index (χ1v) is 8.86. The SMILES string of the molecule is COC(=O)C1=C(c2ccccc2)ON2[C@H](CSC)CC[C@@]12C. The highest BCUT2D eigenvalue weighted by Crippen LogP contribution is 2.49. The van der Waals surface area contributed by atoms with Crippen LogP contribution in [0.3, 0.4) is 0 Å². The van der Waals surface area contributed by atoms with Crippen molar-refractivity contribution in [2.24, 2.45) is 0 Å². The molecule has 0 radical (unpaired) electrons. The van der Waals surface area contributed by atoms with E-state index in [4.69, 9.17) is 9.57 Å². The molecule has 3 rings (SSSR count). The number of rotatable bonds is 4. The lowest BCUT2D eigenvalue weighted by Crippen LogP contribution is -2.43. The van der Waals surface area contributed by atoms with Gasteiger partial charge in [-0.05, 0) is 26.0 Å². The van der Waals surface area contributed by atoms with Crippen molar-refractivity contribution in [3.05, 3.63) is 41.5 Å². The van der Waals surface area contributed by atoms with E-state index in [0.717, 1.165) is 24.2 Å². The lowest BCUT2D eigenvalue weighted by atomic mass is 9.88. The van der Waals surface area contributed by atoms with E-state index >= 15 is 0 Å². The highest BCUT2D eigenvalue weighted by Gasteiger charge is 2.56. The molecule has 0 spiro atoms. The summed E-state index contributed by atoms with van der Waals surface area (Å²) < 4.78 is 5.05. The number of hydroxylamine groups is 2. The molecule has 2 aliphatic rings. The van der Waals surface area contributed by atoms with Crippen LogP contribution in [0.25, 0.3) is 5.76 Å². The fraction of sp³-hybridized carbons (Fsp3) is 0.471. The molecule has 1 saturated heterocycles. The predicted octanol–water partition coefficient (Wildman–Crippen LogP) is 3.10. The highest BCUT2D eigenvalue weighted by atomic mass is 32.2. The van der Waals surface area contributed by atoms with Gasteiger partial charge >= 0.3 is 5.97 Å². The second-order valence-corrected chi connectivity index (χ2v) is 6.81. The summed E-state index contributed by atoms with van der Waals surface area (Å²) in [6.45, 7) is 2.08. The summed E-state index contributed by atoms with van der Waals surface area (Å²) in [5.74, 6) is 1.33. The van der Waals surface area contributed by atoms with Gasteiger partial charge in [-0.2, -0.15) is 11.8 Å². The first-order valence-electron chi connectivity index (χ1n) is 7.46. The first-order chi connectivity index (χ1) is 10.6. The van der Waals surface area contributed by atoms with Crippen molar-refractivity contribution in [1.82, 2.24) is 5.06 Å². The third-order valence-electron chi connectivity index (χ3n) is 4.52. The van der Waals surface area contributed by atoms with Crippen molar-refractivity contribution in [3.63, 3.8) is 0 Å². The van der Waals surface area contributed by atoms with E-state index in [9.17, 15) is 4.79 Å². The zero-order valence-corrected chi connectivity index (χ0v) is 14.0. The van der Waals surface area contributed by atoms with Crippen LogP contribution in [0.2, 0.25) is 0 Å². The minimum atomic E-state index is -0.404. The molecule has 118 valence electrons. The Balaban J connectivity index is 2.05. The average molecular weight is 319 g/mol. The Morgan fingerprint density at radius 3 is 2.82 bits per heavy atom. The Hall–Kier alpha value is -1.46. The maximum atomic E-state index is 12.4. The van der Waals surface area contributed by atoms with Gasteiger partial charge in [-0.25, -0.2) is 4.79 Å². The van der Waals surface area contributed by atoms with Gasteiger partial charge in [-0.1, -0.05) is 30.3 Å². The van der Waals surface area contributed by atoms with E-state index in [1.807, 2.05) is 35.4 Å². The van der Waals surface area contributed by atoms with Crippen LogP contribution >= 0.6 is 11.8 Å². The molecule has 0 N–H and O–H groups in total. The summed E-state index contributed by atoms with van der Waals surface area (Å²) in [5, 5.41) is 2.01. The molecule has 0 bridgehead atoms. The smallest absolute Gasteiger partial charge is 0.339 e. The fourth-order valence-corrected chi connectivity index (χ4v) is 4.11. The number of esters is 1. The third-order valence-corrected chi connectivity index (χ3v) is 5.24. The molecule has 0 amide bonds. The minimum absolute atomic E-state index is 0.298. The maximum Gasteiger partial charge on any atom is 0.339 e. The average Bonchev–Trinajstić information content (AvgIpc) is 3.01. The molecule has 0 unspecified atom stereocenters. The second-order valence-electron chi connectivity index (χ2n) is 5.90. The van der Waals surface area contributed by atoms with Gasteiger partial charge in [0, 0.05) is 11.3 Å². The molecule has 4 nitrogen and oxygen atoms in total. The molecular weight excluding hydrogens is 298 g/mol. The van der Waals surface area contributed by atoms with Crippen LogP contribution in [0, 0.1) is 0 Å². The van der Waals surface area contributed by atoms with Crippen molar-refractivity contribution in [3.8, 4) is 0 Å². The lowest BCUT2D eigenvalue weighted by Gasteiger charge is -2.30. The Bertz CT molecular complexity index is 601. The molecular formula is C17H21NO3S. The quantitative estimate of drug-likeness (QED) is 0.797. The number of hydrogen-bond acceptors (Lipinski definition) is 5. The van der Waals surface area contributed by atoms with E-state index < -0.39 is 5.54 Å². The molecule has 1 aromatic carbocycles. The second kappa shape index (κ2) is 5.97. The molecule has 0 aliphatic carbocycles. The summed E-state index contributed by atoms with van der Waals surface area (Å²) in [4.78, 5) is 18.6. The number of carbonyl (C=O) groups is 1. The highest BCUT2D eigenvalue weighted by molar-refractivity contribution is 7.98. The van der Waals surface area contributed by atoms with E-state index in [1.165, 1.54) is 7.11 Å². The van der Waals surface area contributed by atoms with Gasteiger partial charge in [0.2, 0.25) is 0 Å². The van der Waals surface area contributed by atoms with E-state index in [-0.39, 0.29) is 5.97 Å². The number of carbonyl (C=O) groups excluding carboxylic acids is 1. The molecule has 2 heterocycles. The standard InChI is InChI=1S/C17H21NO3S/c1-17-10-9-13(11-22-3)18(17)21-15(14(17)16(19)20-2)12-7-5-4-6-8-12/h4-8,13H,9-11H2,1-3H3/t13-,17-/m0/s1. The van der Waals surface area contributed by atoms with Crippen LogP contribution in [0.1, 0.15) is 25.3 Å². The van der Waals surface area contributed by atoms with E-state index in [0.29, 0.717) is 17.4 Å². The van der Waals surface area contributed by atoms with Crippen LogP contribution in [0.4, 0.5) is 0 Å². The summed E-state index contributed by atoms with van der Waals surface area (Å²) >= 11 is 1.80. The van der Waals surface area contributed by atoms with Gasteiger partial charge < -0.3 is 9.57 Å². The fourth-order valence-electron chi connectivity index (χ4n) is 3.42. The number of ether oxygens (including phenoxy) is 1. The molecule has 1 aromatic rings. The Labute approximate surface area is 135 Å². The normalized spacial score (nSPS) is 27.7. The monoisotopic (exact) mass is 319 g/mol. The topological polar surface area (TPSA) is 38.8 Å². The van der Waals surface area contributed by atoms with Crippen molar-refractivity contribution in [2.75, 3.05) is 19.1 Å². The van der Waals surface area contributed by atoms with Crippen LogP contribution in [-0.4, -0.2) is 41.7 Å². The molecule has 22 heavy (non-hydrogen) atoms. The van der Waals surface area contributed by atoms with Crippen molar-refractivity contribution in [2.45, 2.75) is 31.3 Å². The van der Waals surface area contributed by atoms with Crippen LogP contribution in [0.15, 0.2) is 35.9 Å². The predicted molar refractivity (Wildman–Crippen MR) is 88.1 cm³/mol. The zero-order chi connectivity index (χ0) is 15.7. The molecule has 1 fully saturated rings. The first kappa shape index (κ1) is 15.4. The van der Waals surface area contributed by atoms with Crippen LogP contribution in [-0.2, 0) is 14.4 Å². The summed E-state index contributed by atoms with van der Waals surface area (Å²) in [7, 11) is 1.43. The molecule has 2 atom stereocenters. The molecule has 2 aliphatic heterocycles. The van der Waals surface area contributed by atoms with Gasteiger partial charge in [-0.15, -0.1) is 5.06 Å². The summed E-state index contributed by atoms with van der Waals surface area (Å²) in [5.41, 5.74) is 1.16. The van der Waals surface area contributed by atoms with E-state index in [1.54, 1.807) is 11.8 Å². The van der Waals surface area contributed by atoms with Gasteiger partial charge in [-0.3, -0.25) is 0 Å². The summed E-state index contributed by atoms with van der Waals surface area (Å²) in [6, 6.07) is 10.1. The number of methoxy groups -OCH3 is 1. The van der Waals surface area contributed by atoms with E-state index in [2.05, 4.69) is 13.2 Å². The van der Waals surface area contributed by atoms with Gasteiger partial charge in [0.25, 0.3) is 0 Å². The largest absolute Gasteiger partial charge is 0.465 e. The number of thioether (sulfide) groups is 1. The number of hydrogen-bond donors (Lipinski definition) is 0. The summed E-state index contributed by atoms with van der Waals surface area (Å²) in [6.07, 6.45) is 4.03. The Morgan fingerprint density at radius 2 is 2.18 bits per heavy atom. The van der Waals surface area contributed by atoms with Crippen LogP contribution < -0.4 is 0 Å². The van der Waals surface area contributed by atoms with Gasteiger partial charge in [0.1, 0.15) is 5.57 Å². The third kappa shape index (κ3) is 2.32. The number of fused-ring (bicyclic) bond motifs is 1. The van der Waals surface area contributed by atoms with Gasteiger partial charge in [0.15, 0.2) is 5.76 Å². The Morgan fingerprint density at radius 1 is 1.45 bits per heavy atom. The number of nitrogens with zero attached hydrogens (tertiary/aromatic N) is 1. The minimum Gasteiger partial charge on any atom is -0.465 e. The van der Waals surface area contributed by atoms with Gasteiger partial charge in [0.05, 0.1) is 18.7 Å². The number of benzene rings is 1. The molecule has 0 saturated carbocycles. The molecule has 5 heteroatoms. The molecule has 0 aromatic heterocycles. The maximum absolute atomic E-state index is 12.4. The Kier molecular flexibility index (Phi) is 4.19.